The van der Waals surface area contributed by atoms with Gasteiger partial charge < -0.3 is 20.9 Å². The second-order valence-electron chi connectivity index (χ2n) is 4.25. The molecule has 0 saturated carbocycles. The van der Waals surface area contributed by atoms with Gasteiger partial charge in [-0.05, 0) is 30.5 Å². The predicted molar refractivity (Wildman–Crippen MR) is 74.7 cm³/mol. The molecule has 0 atom stereocenters. The third-order valence-corrected chi connectivity index (χ3v) is 2.59. The van der Waals surface area contributed by atoms with Crippen molar-refractivity contribution in [1.29, 1.82) is 0 Å². The highest BCUT2D eigenvalue weighted by molar-refractivity contribution is 5.90. The van der Waals surface area contributed by atoms with Gasteiger partial charge >= 0.3 is 0 Å². The van der Waals surface area contributed by atoms with Crippen molar-refractivity contribution in [3.05, 3.63) is 29.8 Å². The maximum absolute atomic E-state index is 11.7. The van der Waals surface area contributed by atoms with Gasteiger partial charge in [-0.1, -0.05) is 12.1 Å². The molecule has 1 aromatic carbocycles. The number of amides is 1. The lowest BCUT2D eigenvalue weighted by Crippen LogP contribution is -2.13. The average Bonchev–Trinajstić information content (AvgIpc) is 2.43. The third kappa shape index (κ3) is 6.91. The van der Waals surface area contributed by atoms with Crippen LogP contribution >= 0.6 is 0 Å². The van der Waals surface area contributed by atoms with E-state index in [9.17, 15) is 4.79 Å². The number of carbonyl (C=O) groups excluding carboxylic acids is 1. The van der Waals surface area contributed by atoms with E-state index in [0.717, 1.165) is 11.3 Å². The van der Waals surface area contributed by atoms with Crippen LogP contribution in [0, 0.1) is 0 Å². The molecule has 5 nitrogen and oxygen atoms in total. The van der Waals surface area contributed by atoms with Gasteiger partial charge in [0, 0.05) is 38.5 Å². The summed E-state index contributed by atoms with van der Waals surface area (Å²) >= 11 is 0. The minimum atomic E-state index is -0.0278. The summed E-state index contributed by atoms with van der Waals surface area (Å²) in [5.74, 6) is -0.0278. The molecule has 106 valence electrons. The first-order valence-electron chi connectivity index (χ1n) is 6.53. The van der Waals surface area contributed by atoms with Crippen LogP contribution in [0.3, 0.4) is 0 Å². The molecule has 4 N–H and O–H groups in total. The van der Waals surface area contributed by atoms with E-state index in [1.165, 1.54) is 0 Å². The lowest BCUT2D eigenvalue weighted by molar-refractivity contribution is -0.116. The minimum Gasteiger partial charge on any atom is -0.396 e. The van der Waals surface area contributed by atoms with Crippen LogP contribution < -0.4 is 11.1 Å². The van der Waals surface area contributed by atoms with Crippen molar-refractivity contribution in [2.75, 3.05) is 25.1 Å². The van der Waals surface area contributed by atoms with Crippen LogP contribution in [0.15, 0.2) is 24.3 Å². The van der Waals surface area contributed by atoms with Crippen LogP contribution in [0.5, 0.6) is 0 Å². The fraction of sp³-hybridized carbons (Fsp3) is 0.500. The lowest BCUT2D eigenvalue weighted by Gasteiger charge is -2.07. The first-order valence-corrected chi connectivity index (χ1v) is 6.53. The van der Waals surface area contributed by atoms with E-state index >= 15 is 0 Å². The van der Waals surface area contributed by atoms with Crippen LogP contribution in [-0.4, -0.2) is 30.8 Å². The maximum Gasteiger partial charge on any atom is 0.224 e. The number of nitrogens with two attached hydrogens (primary N) is 1. The monoisotopic (exact) mass is 266 g/mol. The summed E-state index contributed by atoms with van der Waals surface area (Å²) in [4.78, 5) is 11.7. The van der Waals surface area contributed by atoms with Crippen molar-refractivity contribution >= 4 is 11.6 Å². The Morgan fingerprint density at radius 3 is 2.84 bits per heavy atom. The Kier molecular flexibility index (Phi) is 7.81. The number of rotatable bonds is 9. The molecule has 5 heteroatoms. The molecule has 1 aromatic rings. The summed E-state index contributed by atoms with van der Waals surface area (Å²) in [6.45, 7) is 1.67. The summed E-state index contributed by atoms with van der Waals surface area (Å²) in [5.41, 5.74) is 7.30. The topological polar surface area (TPSA) is 84.6 Å². The van der Waals surface area contributed by atoms with Crippen molar-refractivity contribution in [3.63, 3.8) is 0 Å². The lowest BCUT2D eigenvalue weighted by atomic mass is 10.2. The number of hydrogen-bond acceptors (Lipinski definition) is 4. The number of aliphatic hydroxyl groups is 1. The number of benzene rings is 1. The Morgan fingerprint density at radius 1 is 1.32 bits per heavy atom. The number of hydrogen-bond donors (Lipinski definition) is 3. The van der Waals surface area contributed by atoms with Crippen LogP contribution in [-0.2, 0) is 16.1 Å². The van der Waals surface area contributed by atoms with Crippen LogP contribution in [0.4, 0.5) is 5.69 Å². The Morgan fingerprint density at radius 2 is 2.11 bits per heavy atom. The van der Waals surface area contributed by atoms with E-state index in [0.29, 0.717) is 39.0 Å². The van der Waals surface area contributed by atoms with E-state index < -0.39 is 0 Å². The van der Waals surface area contributed by atoms with Crippen molar-refractivity contribution < 1.29 is 14.6 Å². The normalized spacial score (nSPS) is 10.4. The molecule has 0 aliphatic heterocycles. The fourth-order valence-electron chi connectivity index (χ4n) is 1.60. The molecule has 1 rings (SSSR count). The average molecular weight is 266 g/mol. The third-order valence-electron chi connectivity index (χ3n) is 2.59. The van der Waals surface area contributed by atoms with Gasteiger partial charge in [-0.2, -0.15) is 0 Å². The number of nitrogens with one attached hydrogen (secondary N) is 1. The highest BCUT2D eigenvalue weighted by atomic mass is 16.5. The molecule has 19 heavy (non-hydrogen) atoms. The van der Waals surface area contributed by atoms with E-state index in [4.69, 9.17) is 15.6 Å². The summed E-state index contributed by atoms with van der Waals surface area (Å²) < 4.78 is 5.25. The number of aliphatic hydroxyl groups excluding tert-OH is 1. The maximum atomic E-state index is 11.7. The molecule has 0 aliphatic rings. The molecule has 0 unspecified atom stereocenters. The smallest absolute Gasteiger partial charge is 0.224 e. The SMILES string of the molecule is NCc1cccc(NC(=O)CCCOCCCO)c1. The molecule has 0 aliphatic carbocycles. The zero-order valence-corrected chi connectivity index (χ0v) is 11.1. The van der Waals surface area contributed by atoms with E-state index in [1.54, 1.807) is 0 Å². The Bertz CT molecular complexity index is 383. The van der Waals surface area contributed by atoms with Crippen molar-refractivity contribution in [3.8, 4) is 0 Å². The molecule has 0 bridgehead atoms. The van der Waals surface area contributed by atoms with Gasteiger partial charge in [0.2, 0.25) is 5.91 Å². The fourth-order valence-corrected chi connectivity index (χ4v) is 1.60. The van der Waals surface area contributed by atoms with Gasteiger partial charge in [0.25, 0.3) is 0 Å². The van der Waals surface area contributed by atoms with Gasteiger partial charge in [-0.3, -0.25) is 4.79 Å². The highest BCUT2D eigenvalue weighted by Crippen LogP contribution is 2.10. The standard InChI is InChI=1S/C14H22N2O3/c15-11-12-4-1-5-13(10-12)16-14(18)6-2-8-19-9-3-7-17/h1,4-5,10,17H,2-3,6-9,11,15H2,(H,16,18). The quantitative estimate of drug-likeness (QED) is 0.587. The minimum absolute atomic E-state index is 0.0278. The van der Waals surface area contributed by atoms with Crippen molar-refractivity contribution in [2.24, 2.45) is 5.73 Å². The Hall–Kier alpha value is -1.43. The zero-order chi connectivity index (χ0) is 13.9. The number of carbonyl (C=O) groups is 1. The molecule has 0 radical (unpaired) electrons. The molecule has 0 spiro atoms. The van der Waals surface area contributed by atoms with E-state index in [1.807, 2.05) is 24.3 Å². The first-order chi connectivity index (χ1) is 9.26. The van der Waals surface area contributed by atoms with Gasteiger partial charge in [-0.25, -0.2) is 0 Å². The molecule has 0 heterocycles. The molecular weight excluding hydrogens is 244 g/mol. The number of anilines is 1. The van der Waals surface area contributed by atoms with E-state index in [-0.39, 0.29) is 12.5 Å². The van der Waals surface area contributed by atoms with Gasteiger partial charge in [0.15, 0.2) is 0 Å². The van der Waals surface area contributed by atoms with Crippen molar-refractivity contribution in [1.82, 2.24) is 0 Å². The molecule has 0 fully saturated rings. The second kappa shape index (κ2) is 9.49. The van der Waals surface area contributed by atoms with Gasteiger partial charge in [0.05, 0.1) is 0 Å². The predicted octanol–water partition coefficient (Wildman–Crippen LogP) is 1.26. The zero-order valence-electron chi connectivity index (χ0n) is 11.1. The van der Waals surface area contributed by atoms with Gasteiger partial charge in [-0.15, -0.1) is 0 Å². The largest absolute Gasteiger partial charge is 0.396 e. The first kappa shape index (κ1) is 15.6. The summed E-state index contributed by atoms with van der Waals surface area (Å²) in [6, 6.07) is 7.50. The molecule has 0 aromatic heterocycles. The highest BCUT2D eigenvalue weighted by Gasteiger charge is 2.02. The summed E-state index contributed by atoms with van der Waals surface area (Å²) in [7, 11) is 0. The van der Waals surface area contributed by atoms with Crippen LogP contribution in [0.1, 0.15) is 24.8 Å². The summed E-state index contributed by atoms with van der Waals surface area (Å²) in [5, 5.41) is 11.4. The summed E-state index contributed by atoms with van der Waals surface area (Å²) in [6.07, 6.45) is 1.73. The molecule has 0 saturated heterocycles. The number of ether oxygens (including phenoxy) is 1. The molecule has 1 amide bonds. The Balaban J connectivity index is 2.19. The van der Waals surface area contributed by atoms with E-state index in [2.05, 4.69) is 5.32 Å². The molecular formula is C14H22N2O3. The van der Waals surface area contributed by atoms with Crippen molar-refractivity contribution in [2.45, 2.75) is 25.8 Å². The van der Waals surface area contributed by atoms with Gasteiger partial charge in [0.1, 0.15) is 0 Å². The Labute approximate surface area is 113 Å². The second-order valence-corrected chi connectivity index (χ2v) is 4.25. The van der Waals surface area contributed by atoms with Crippen LogP contribution in [0.2, 0.25) is 0 Å². The van der Waals surface area contributed by atoms with Crippen LogP contribution in [0.25, 0.3) is 0 Å².